The number of thiophene rings is 1. The number of rotatable bonds is 6. The molecular weight excluding hydrogens is 308 g/mol. The van der Waals surface area contributed by atoms with Gasteiger partial charge in [-0.3, -0.25) is 9.00 Å². The first-order chi connectivity index (χ1) is 10.1. The van der Waals surface area contributed by atoms with Crippen LogP contribution in [0.1, 0.15) is 65.1 Å². The maximum atomic E-state index is 12.4. The zero-order valence-corrected chi connectivity index (χ0v) is 14.0. The van der Waals surface area contributed by atoms with Crippen LogP contribution in [0.5, 0.6) is 0 Å². The van der Waals surface area contributed by atoms with E-state index in [4.69, 9.17) is 4.74 Å². The fraction of sp³-hybridized carbons (Fsp3) is 0.600. The monoisotopic (exact) mass is 328 g/mol. The number of carbonyl (C=O) groups is 2. The molecular formula is C15H20O4S2. The Morgan fingerprint density at radius 2 is 2.10 bits per heavy atom. The second kappa shape index (κ2) is 7.31. The van der Waals surface area contributed by atoms with Crippen molar-refractivity contribution in [2.45, 2.75) is 50.2 Å². The lowest BCUT2D eigenvalue weighted by atomic mass is 9.93. The molecule has 1 atom stereocenters. The van der Waals surface area contributed by atoms with Crippen LogP contribution in [0.25, 0.3) is 0 Å². The number of ketones is 1. The van der Waals surface area contributed by atoms with Crippen LogP contribution in [-0.2, 0) is 22.0 Å². The zero-order chi connectivity index (χ0) is 15.4. The summed E-state index contributed by atoms with van der Waals surface area (Å²) < 4.78 is 18.1. The van der Waals surface area contributed by atoms with E-state index in [1.54, 1.807) is 6.92 Å². The Labute approximate surface area is 131 Å². The van der Waals surface area contributed by atoms with E-state index in [1.807, 2.05) is 6.92 Å². The summed E-state index contributed by atoms with van der Waals surface area (Å²) in [6.45, 7) is 4.09. The van der Waals surface area contributed by atoms with Gasteiger partial charge in [0.1, 0.15) is 9.09 Å². The molecule has 2 rings (SSSR count). The van der Waals surface area contributed by atoms with Crippen LogP contribution in [0.15, 0.2) is 4.21 Å². The Hall–Kier alpha value is -1.01. The van der Waals surface area contributed by atoms with E-state index in [2.05, 4.69) is 0 Å². The number of fused-ring (bicyclic) bond motifs is 1. The van der Waals surface area contributed by atoms with E-state index in [1.165, 1.54) is 11.3 Å². The highest BCUT2D eigenvalue weighted by Gasteiger charge is 2.31. The number of ether oxygens (including phenoxy) is 1. The van der Waals surface area contributed by atoms with Crippen LogP contribution in [0.3, 0.4) is 0 Å². The number of carbonyl (C=O) groups excluding carboxylic acids is 2. The zero-order valence-electron chi connectivity index (χ0n) is 12.4. The van der Waals surface area contributed by atoms with Crippen molar-refractivity contribution in [2.24, 2.45) is 0 Å². The van der Waals surface area contributed by atoms with Gasteiger partial charge in [-0.05, 0) is 31.7 Å². The van der Waals surface area contributed by atoms with Crippen molar-refractivity contribution in [1.29, 1.82) is 0 Å². The smallest absolute Gasteiger partial charge is 0.348 e. The molecule has 1 heterocycles. The van der Waals surface area contributed by atoms with Gasteiger partial charge in [0.25, 0.3) is 0 Å². The Kier molecular flexibility index (Phi) is 5.70. The lowest BCUT2D eigenvalue weighted by Crippen LogP contribution is -2.14. The van der Waals surface area contributed by atoms with Gasteiger partial charge in [-0.1, -0.05) is 13.3 Å². The highest BCUT2D eigenvalue weighted by atomic mass is 32.2. The number of unbranched alkanes of at least 4 members (excludes halogenated alkanes) is 1. The fourth-order valence-corrected chi connectivity index (χ4v) is 5.47. The first-order valence-corrected chi connectivity index (χ1v) is 9.48. The minimum Gasteiger partial charge on any atom is -0.462 e. The molecule has 0 N–H and O–H groups in total. The van der Waals surface area contributed by atoms with Gasteiger partial charge in [0.05, 0.1) is 17.4 Å². The summed E-state index contributed by atoms with van der Waals surface area (Å²) in [5.41, 5.74) is 1.30. The van der Waals surface area contributed by atoms with E-state index >= 15 is 0 Å². The molecule has 6 heteroatoms. The normalized spacial score (nSPS) is 15.6. The molecule has 0 spiro atoms. The molecule has 1 aliphatic carbocycles. The van der Waals surface area contributed by atoms with Crippen molar-refractivity contribution in [3.8, 4) is 0 Å². The van der Waals surface area contributed by atoms with Crippen LogP contribution >= 0.6 is 11.3 Å². The van der Waals surface area contributed by atoms with Gasteiger partial charge in [0, 0.05) is 17.7 Å². The van der Waals surface area contributed by atoms with Crippen molar-refractivity contribution in [1.82, 2.24) is 0 Å². The van der Waals surface area contributed by atoms with Gasteiger partial charge in [0.15, 0.2) is 5.78 Å². The number of hydrogen-bond acceptors (Lipinski definition) is 5. The predicted octanol–water partition coefficient (Wildman–Crippen LogP) is 3.35. The van der Waals surface area contributed by atoms with Gasteiger partial charge in [-0.15, -0.1) is 11.3 Å². The van der Waals surface area contributed by atoms with Crippen molar-refractivity contribution < 1.29 is 18.5 Å². The molecule has 0 saturated carbocycles. The summed E-state index contributed by atoms with van der Waals surface area (Å²) in [6.07, 6.45) is 3.72. The SMILES string of the molecule is CCCC[S@](=O)c1sc(C(=O)OCC)c2c1C(=O)CCC2. The second-order valence-corrected chi connectivity index (χ2v) is 7.76. The number of esters is 1. The van der Waals surface area contributed by atoms with Gasteiger partial charge in [-0.2, -0.15) is 0 Å². The molecule has 0 fully saturated rings. The highest BCUT2D eigenvalue weighted by Crippen LogP contribution is 2.37. The maximum Gasteiger partial charge on any atom is 0.348 e. The molecule has 1 aromatic rings. The molecule has 0 bridgehead atoms. The molecule has 0 aliphatic heterocycles. The topological polar surface area (TPSA) is 60.4 Å². The molecule has 116 valence electrons. The predicted molar refractivity (Wildman–Crippen MR) is 83.7 cm³/mol. The Balaban J connectivity index is 2.43. The van der Waals surface area contributed by atoms with E-state index in [-0.39, 0.29) is 5.78 Å². The molecule has 0 unspecified atom stereocenters. The molecule has 4 nitrogen and oxygen atoms in total. The fourth-order valence-electron chi connectivity index (χ4n) is 2.40. The van der Waals surface area contributed by atoms with Gasteiger partial charge >= 0.3 is 5.97 Å². The third kappa shape index (κ3) is 3.43. The molecule has 1 aromatic heterocycles. The Morgan fingerprint density at radius 1 is 1.33 bits per heavy atom. The highest BCUT2D eigenvalue weighted by molar-refractivity contribution is 7.87. The first-order valence-electron chi connectivity index (χ1n) is 7.34. The van der Waals surface area contributed by atoms with Crippen LogP contribution in [0, 0.1) is 0 Å². The average Bonchev–Trinajstić information content (AvgIpc) is 2.86. The quantitative estimate of drug-likeness (QED) is 0.751. The lowest BCUT2D eigenvalue weighted by Gasteiger charge is -2.12. The van der Waals surface area contributed by atoms with E-state index < -0.39 is 16.8 Å². The number of hydrogen-bond donors (Lipinski definition) is 0. The number of Topliss-reactive ketones (excluding diaryl/α,β-unsaturated/α-hetero) is 1. The van der Waals surface area contributed by atoms with E-state index in [0.717, 1.165) is 24.8 Å². The average molecular weight is 328 g/mol. The summed E-state index contributed by atoms with van der Waals surface area (Å²) in [5.74, 6) is 0.161. The standard InChI is InChI=1S/C15H20O4S2/c1-3-5-9-21(18)15-12-10(7-6-8-11(12)16)13(20-15)14(17)19-4-2/h3-9H2,1-2H3/t21-/m0/s1. The minimum absolute atomic E-state index is 0.0166. The van der Waals surface area contributed by atoms with E-state index in [0.29, 0.717) is 39.9 Å². The summed E-state index contributed by atoms with van der Waals surface area (Å²) in [6, 6.07) is 0. The lowest BCUT2D eigenvalue weighted by molar-refractivity contribution is 0.0531. The maximum absolute atomic E-state index is 12.4. The van der Waals surface area contributed by atoms with Crippen LogP contribution in [-0.4, -0.2) is 28.3 Å². The molecule has 0 saturated heterocycles. The van der Waals surface area contributed by atoms with Crippen molar-refractivity contribution in [2.75, 3.05) is 12.4 Å². The van der Waals surface area contributed by atoms with Gasteiger partial charge in [-0.25, -0.2) is 4.79 Å². The van der Waals surface area contributed by atoms with Crippen molar-refractivity contribution in [3.63, 3.8) is 0 Å². The summed E-state index contributed by atoms with van der Waals surface area (Å²) in [7, 11) is -1.20. The van der Waals surface area contributed by atoms with Crippen LogP contribution in [0.2, 0.25) is 0 Å². The Morgan fingerprint density at radius 3 is 2.76 bits per heavy atom. The minimum atomic E-state index is -1.20. The van der Waals surface area contributed by atoms with Crippen LogP contribution in [0.4, 0.5) is 0 Å². The molecule has 0 aromatic carbocycles. The summed E-state index contributed by atoms with van der Waals surface area (Å²) >= 11 is 1.19. The van der Waals surface area contributed by atoms with Crippen molar-refractivity contribution in [3.05, 3.63) is 16.0 Å². The summed E-state index contributed by atoms with van der Waals surface area (Å²) in [4.78, 5) is 24.7. The summed E-state index contributed by atoms with van der Waals surface area (Å²) in [5, 5.41) is 0. The molecule has 0 radical (unpaired) electrons. The largest absolute Gasteiger partial charge is 0.462 e. The van der Waals surface area contributed by atoms with Gasteiger partial charge in [0.2, 0.25) is 0 Å². The second-order valence-electron chi connectivity index (χ2n) is 4.97. The molecule has 21 heavy (non-hydrogen) atoms. The van der Waals surface area contributed by atoms with Crippen LogP contribution < -0.4 is 0 Å². The third-order valence-corrected chi connectivity index (χ3v) is 6.53. The van der Waals surface area contributed by atoms with Gasteiger partial charge < -0.3 is 4.74 Å². The third-order valence-electron chi connectivity index (χ3n) is 3.44. The molecule has 0 amide bonds. The first kappa shape index (κ1) is 16.4. The Bertz CT molecular complexity index is 574. The van der Waals surface area contributed by atoms with Crippen molar-refractivity contribution >= 4 is 33.9 Å². The van der Waals surface area contributed by atoms with E-state index in [9.17, 15) is 13.8 Å². The molecule has 1 aliphatic rings.